The first-order valence-electron chi connectivity index (χ1n) is 8.13. The fourth-order valence-electron chi connectivity index (χ4n) is 3.12. The highest BCUT2D eigenvalue weighted by Crippen LogP contribution is 2.22. The van der Waals surface area contributed by atoms with E-state index in [0.717, 1.165) is 5.56 Å². The van der Waals surface area contributed by atoms with Gasteiger partial charge in [0.1, 0.15) is 12.1 Å². The second-order valence-corrected chi connectivity index (χ2v) is 8.01. The van der Waals surface area contributed by atoms with Crippen molar-refractivity contribution < 1.29 is 17.9 Å². The van der Waals surface area contributed by atoms with Crippen LogP contribution in [-0.4, -0.2) is 61.9 Å². The first-order chi connectivity index (χ1) is 11.5. The van der Waals surface area contributed by atoms with Gasteiger partial charge in [0.05, 0.1) is 0 Å². The maximum Gasteiger partial charge on any atom is 0.323 e. The van der Waals surface area contributed by atoms with Crippen molar-refractivity contribution in [3.63, 3.8) is 0 Å². The zero-order valence-electron chi connectivity index (χ0n) is 13.7. The van der Waals surface area contributed by atoms with E-state index in [1.54, 1.807) is 6.08 Å². The van der Waals surface area contributed by atoms with Gasteiger partial charge in [-0.1, -0.05) is 30.3 Å². The summed E-state index contributed by atoms with van der Waals surface area (Å²) in [6.07, 6.45) is 2.23. The SMILES string of the molecule is C[C@@H]1C[C@H](N2CCN(S(=O)(=O)/C=C\c3ccccc3)CC2)C(=O)O1. The molecule has 2 heterocycles. The zero-order valence-corrected chi connectivity index (χ0v) is 14.5. The molecular weight excluding hydrogens is 328 g/mol. The number of esters is 1. The van der Waals surface area contributed by atoms with E-state index in [-0.39, 0.29) is 18.1 Å². The lowest BCUT2D eigenvalue weighted by molar-refractivity contribution is -0.145. The number of sulfonamides is 1. The summed E-state index contributed by atoms with van der Waals surface area (Å²) in [5.41, 5.74) is 0.849. The Bertz CT molecular complexity index is 709. The van der Waals surface area contributed by atoms with Crippen LogP contribution in [0.25, 0.3) is 6.08 Å². The maximum atomic E-state index is 12.4. The van der Waals surface area contributed by atoms with E-state index >= 15 is 0 Å². The summed E-state index contributed by atoms with van der Waals surface area (Å²) in [6.45, 7) is 3.75. The summed E-state index contributed by atoms with van der Waals surface area (Å²) in [4.78, 5) is 13.8. The van der Waals surface area contributed by atoms with Crippen LogP contribution in [0.3, 0.4) is 0 Å². The minimum absolute atomic E-state index is 0.0573. The van der Waals surface area contributed by atoms with Crippen LogP contribution < -0.4 is 0 Å². The van der Waals surface area contributed by atoms with E-state index in [1.807, 2.05) is 42.2 Å². The predicted molar refractivity (Wildman–Crippen MR) is 91.5 cm³/mol. The topological polar surface area (TPSA) is 66.9 Å². The molecule has 3 rings (SSSR count). The largest absolute Gasteiger partial charge is 0.461 e. The lowest BCUT2D eigenvalue weighted by Gasteiger charge is -2.35. The van der Waals surface area contributed by atoms with Gasteiger partial charge in [-0.05, 0) is 18.6 Å². The Kier molecular flexibility index (Phi) is 5.03. The summed E-state index contributed by atoms with van der Waals surface area (Å²) in [5, 5.41) is 1.25. The Morgan fingerprint density at radius 2 is 1.79 bits per heavy atom. The Morgan fingerprint density at radius 1 is 1.12 bits per heavy atom. The number of benzene rings is 1. The van der Waals surface area contributed by atoms with Crippen LogP contribution >= 0.6 is 0 Å². The standard InChI is InChI=1S/C17H22N2O4S/c1-14-13-16(17(20)23-14)18-8-10-19(11-9-18)24(21,22)12-7-15-5-3-2-4-6-15/h2-7,12,14,16H,8-11,13H2,1H3/b12-7-/t14-,16+/m1/s1. The van der Waals surface area contributed by atoms with E-state index in [2.05, 4.69) is 0 Å². The minimum atomic E-state index is -3.44. The molecule has 0 amide bonds. The summed E-state index contributed by atoms with van der Waals surface area (Å²) in [6, 6.07) is 9.11. The van der Waals surface area contributed by atoms with Crippen molar-refractivity contribution in [1.82, 2.24) is 9.21 Å². The molecule has 2 saturated heterocycles. The first-order valence-corrected chi connectivity index (χ1v) is 9.64. The molecule has 2 aliphatic heterocycles. The average molecular weight is 350 g/mol. The molecule has 7 heteroatoms. The average Bonchev–Trinajstić information content (AvgIpc) is 2.93. The van der Waals surface area contributed by atoms with Crippen molar-refractivity contribution in [2.45, 2.75) is 25.5 Å². The van der Waals surface area contributed by atoms with Crippen LogP contribution in [0.1, 0.15) is 18.9 Å². The van der Waals surface area contributed by atoms with Crippen molar-refractivity contribution in [1.29, 1.82) is 0 Å². The molecule has 2 atom stereocenters. The molecule has 1 aromatic rings. The van der Waals surface area contributed by atoms with Gasteiger partial charge in [0.25, 0.3) is 0 Å². The molecule has 130 valence electrons. The zero-order chi connectivity index (χ0) is 17.2. The number of ether oxygens (including phenoxy) is 1. The predicted octanol–water partition coefficient (Wildman–Crippen LogP) is 1.31. The van der Waals surface area contributed by atoms with Gasteiger partial charge in [-0.15, -0.1) is 0 Å². The van der Waals surface area contributed by atoms with Crippen molar-refractivity contribution in [2.24, 2.45) is 0 Å². The number of carbonyl (C=O) groups is 1. The van der Waals surface area contributed by atoms with Crippen molar-refractivity contribution in [3.8, 4) is 0 Å². The molecule has 0 aliphatic carbocycles. The molecule has 6 nitrogen and oxygen atoms in total. The summed E-state index contributed by atoms with van der Waals surface area (Å²) in [7, 11) is -3.44. The molecule has 0 bridgehead atoms. The summed E-state index contributed by atoms with van der Waals surface area (Å²) >= 11 is 0. The third kappa shape index (κ3) is 3.85. The van der Waals surface area contributed by atoms with Crippen molar-refractivity contribution in [3.05, 3.63) is 41.3 Å². The lowest BCUT2D eigenvalue weighted by Crippen LogP contribution is -2.52. The molecule has 1 aromatic carbocycles. The monoisotopic (exact) mass is 350 g/mol. The van der Waals surface area contributed by atoms with E-state index < -0.39 is 10.0 Å². The van der Waals surface area contributed by atoms with E-state index in [0.29, 0.717) is 32.6 Å². The van der Waals surface area contributed by atoms with Crippen molar-refractivity contribution in [2.75, 3.05) is 26.2 Å². The molecule has 2 aliphatic rings. The first kappa shape index (κ1) is 17.1. The Labute approximate surface area is 142 Å². The molecule has 0 aromatic heterocycles. The quantitative estimate of drug-likeness (QED) is 0.766. The number of cyclic esters (lactones) is 1. The summed E-state index contributed by atoms with van der Waals surface area (Å²) < 4.78 is 31.5. The van der Waals surface area contributed by atoms with Gasteiger partial charge < -0.3 is 4.74 Å². The number of carbonyl (C=O) groups excluding carboxylic acids is 1. The second kappa shape index (κ2) is 7.04. The van der Waals surface area contributed by atoms with Crippen LogP contribution in [0.4, 0.5) is 0 Å². The van der Waals surface area contributed by atoms with Crippen LogP contribution in [0.2, 0.25) is 0 Å². The molecule has 24 heavy (non-hydrogen) atoms. The fourth-order valence-corrected chi connectivity index (χ4v) is 4.29. The van der Waals surface area contributed by atoms with Gasteiger partial charge in [-0.3, -0.25) is 9.69 Å². The molecule has 0 spiro atoms. The number of rotatable bonds is 4. The molecule has 0 saturated carbocycles. The highest BCUT2D eigenvalue weighted by atomic mass is 32.2. The normalized spacial score (nSPS) is 26.8. The van der Waals surface area contributed by atoms with E-state index in [1.165, 1.54) is 9.71 Å². The molecule has 0 radical (unpaired) electrons. The summed E-state index contributed by atoms with van der Waals surface area (Å²) in [5.74, 6) is -0.192. The smallest absolute Gasteiger partial charge is 0.323 e. The Morgan fingerprint density at radius 3 is 2.38 bits per heavy atom. The second-order valence-electron chi connectivity index (χ2n) is 6.19. The lowest BCUT2D eigenvalue weighted by atomic mass is 10.1. The van der Waals surface area contributed by atoms with E-state index in [4.69, 9.17) is 4.74 Å². The van der Waals surface area contributed by atoms with Gasteiger partial charge >= 0.3 is 5.97 Å². The third-order valence-corrected chi connectivity index (χ3v) is 6.02. The highest BCUT2D eigenvalue weighted by Gasteiger charge is 2.38. The van der Waals surface area contributed by atoms with Gasteiger partial charge in [-0.2, -0.15) is 4.31 Å². The number of nitrogens with zero attached hydrogens (tertiary/aromatic N) is 2. The Hall–Kier alpha value is -1.70. The minimum Gasteiger partial charge on any atom is -0.461 e. The molecule has 0 unspecified atom stereocenters. The van der Waals surface area contributed by atoms with Crippen LogP contribution in [0.15, 0.2) is 35.7 Å². The van der Waals surface area contributed by atoms with Gasteiger partial charge in [0.2, 0.25) is 10.0 Å². The third-order valence-electron chi connectivity index (χ3n) is 4.45. The molecule has 2 fully saturated rings. The Balaban J connectivity index is 1.59. The molecular formula is C17H22N2O4S. The maximum absolute atomic E-state index is 12.4. The van der Waals surface area contributed by atoms with Crippen LogP contribution in [-0.2, 0) is 19.6 Å². The van der Waals surface area contributed by atoms with Gasteiger partial charge in [0.15, 0.2) is 0 Å². The number of hydrogen-bond donors (Lipinski definition) is 0. The number of hydrogen-bond acceptors (Lipinski definition) is 5. The van der Waals surface area contributed by atoms with E-state index in [9.17, 15) is 13.2 Å². The van der Waals surface area contributed by atoms with Crippen LogP contribution in [0, 0.1) is 0 Å². The highest BCUT2D eigenvalue weighted by molar-refractivity contribution is 7.92. The van der Waals surface area contributed by atoms with Gasteiger partial charge in [-0.25, -0.2) is 8.42 Å². The van der Waals surface area contributed by atoms with Crippen molar-refractivity contribution >= 4 is 22.1 Å². The fraction of sp³-hybridized carbons (Fsp3) is 0.471. The van der Waals surface area contributed by atoms with Gasteiger partial charge in [0, 0.05) is 38.0 Å². The van der Waals surface area contributed by atoms with Crippen LogP contribution in [0.5, 0.6) is 0 Å². The number of piperazine rings is 1. The molecule has 0 N–H and O–H groups in total.